The Kier molecular flexibility index (Phi) is 8.74. The van der Waals surface area contributed by atoms with Crippen LogP contribution in [-0.2, 0) is 11.3 Å². The van der Waals surface area contributed by atoms with Crippen molar-refractivity contribution in [2.24, 2.45) is 5.92 Å². The van der Waals surface area contributed by atoms with Gasteiger partial charge in [0, 0.05) is 23.5 Å². The summed E-state index contributed by atoms with van der Waals surface area (Å²) in [5.41, 5.74) is 4.81. The van der Waals surface area contributed by atoms with Gasteiger partial charge >= 0.3 is 0 Å². The average Bonchev–Trinajstić information content (AvgIpc) is 2.61. The molecule has 0 aliphatic heterocycles. The van der Waals surface area contributed by atoms with Gasteiger partial charge in [-0.3, -0.25) is 4.79 Å². The number of aromatic nitrogens is 1. The molecule has 3 rings (SSSR count). The fraction of sp³-hybridized carbons (Fsp3) is 0.455. The van der Waals surface area contributed by atoms with Gasteiger partial charge in [0.2, 0.25) is 0 Å². The largest absolute Gasteiger partial charge is 0.483 e. The summed E-state index contributed by atoms with van der Waals surface area (Å²) >= 11 is 6.04. The van der Waals surface area contributed by atoms with Crippen LogP contribution in [0.15, 0.2) is 30.5 Å². The topological polar surface area (TPSA) is 74.2 Å². The van der Waals surface area contributed by atoms with Gasteiger partial charge in [-0.2, -0.15) is 0 Å². The molecule has 28 heavy (non-hydrogen) atoms. The first-order valence-corrected chi connectivity index (χ1v) is 10.1. The molecule has 1 saturated carbocycles. The maximum absolute atomic E-state index is 8.36. The van der Waals surface area contributed by atoms with Crippen molar-refractivity contribution in [1.29, 1.82) is 0 Å². The smallest absolute Gasteiger partial charge is 0.290 e. The molecular weight excluding hydrogens is 374 g/mol. The van der Waals surface area contributed by atoms with Crippen molar-refractivity contribution in [2.75, 3.05) is 11.9 Å². The van der Waals surface area contributed by atoms with Gasteiger partial charge in [-0.1, -0.05) is 31.9 Å². The summed E-state index contributed by atoms with van der Waals surface area (Å²) in [7, 11) is 0. The highest BCUT2D eigenvalue weighted by molar-refractivity contribution is 6.30. The van der Waals surface area contributed by atoms with Crippen molar-refractivity contribution in [2.45, 2.75) is 52.5 Å². The number of hydrogen-bond acceptors (Lipinski definition) is 4. The molecule has 0 radical (unpaired) electrons. The molecule has 1 fully saturated rings. The molecule has 3 N–H and O–H groups in total. The van der Waals surface area contributed by atoms with Gasteiger partial charge in [0.1, 0.15) is 5.82 Å². The number of nitrogens with zero attached hydrogens (tertiary/aromatic N) is 1. The van der Waals surface area contributed by atoms with Crippen LogP contribution < -0.4 is 10.6 Å². The van der Waals surface area contributed by atoms with Gasteiger partial charge in [-0.25, -0.2) is 4.98 Å². The third-order valence-electron chi connectivity index (χ3n) is 5.07. The number of halogens is 1. The first-order chi connectivity index (χ1) is 13.4. The molecule has 0 unspecified atom stereocenters. The Labute approximate surface area is 172 Å². The number of hydrogen-bond donors (Lipinski definition) is 3. The Balaban J connectivity index is 0.000000878. The Morgan fingerprint density at radius 3 is 2.61 bits per heavy atom. The molecule has 152 valence electrons. The minimum atomic E-state index is -0.250. The highest BCUT2D eigenvalue weighted by Gasteiger charge is 2.17. The van der Waals surface area contributed by atoms with Crippen LogP contribution in [0.4, 0.5) is 11.5 Å². The molecule has 1 aliphatic carbocycles. The molecule has 1 heterocycles. The van der Waals surface area contributed by atoms with Crippen molar-refractivity contribution in [3.8, 4) is 0 Å². The Hall–Kier alpha value is -2.11. The molecule has 5 nitrogen and oxygen atoms in total. The van der Waals surface area contributed by atoms with Gasteiger partial charge in [0.05, 0.1) is 0 Å². The molecule has 0 saturated heterocycles. The third kappa shape index (κ3) is 6.50. The van der Waals surface area contributed by atoms with E-state index in [1.165, 1.54) is 30.4 Å². The molecule has 0 amide bonds. The molecule has 1 aromatic heterocycles. The minimum Gasteiger partial charge on any atom is -0.483 e. The van der Waals surface area contributed by atoms with Gasteiger partial charge in [0.15, 0.2) is 0 Å². The number of carboxylic acid groups (broad SMARTS) is 1. The molecule has 0 atom stereocenters. The lowest BCUT2D eigenvalue weighted by atomic mass is 9.85. The van der Waals surface area contributed by atoms with Crippen LogP contribution in [0, 0.1) is 12.8 Å². The predicted molar refractivity (Wildman–Crippen MR) is 116 cm³/mol. The van der Waals surface area contributed by atoms with Crippen molar-refractivity contribution in [3.05, 3.63) is 52.2 Å². The predicted octanol–water partition coefficient (Wildman–Crippen LogP) is 5.50. The normalized spacial score (nSPS) is 13.5. The number of benzene rings is 1. The number of pyridine rings is 1. The van der Waals surface area contributed by atoms with Gasteiger partial charge in [-0.15, -0.1) is 0 Å². The zero-order chi connectivity index (χ0) is 20.5. The highest BCUT2D eigenvalue weighted by Crippen LogP contribution is 2.27. The van der Waals surface area contributed by atoms with Crippen molar-refractivity contribution in [3.63, 3.8) is 0 Å². The second kappa shape index (κ2) is 11.0. The highest BCUT2D eigenvalue weighted by atomic mass is 35.5. The molecule has 6 heteroatoms. The summed E-state index contributed by atoms with van der Waals surface area (Å²) in [4.78, 5) is 13.0. The third-order valence-corrected chi connectivity index (χ3v) is 5.30. The zero-order valence-corrected chi connectivity index (χ0v) is 17.6. The summed E-state index contributed by atoms with van der Waals surface area (Å²) in [6, 6.07) is 8.05. The maximum Gasteiger partial charge on any atom is 0.290 e. The molecular formula is C22H30ClN3O2. The van der Waals surface area contributed by atoms with E-state index in [1.54, 1.807) is 0 Å². The Morgan fingerprint density at radius 2 is 2.04 bits per heavy atom. The number of aryl methyl sites for hydroxylation is 1. The quantitative estimate of drug-likeness (QED) is 0.532. The second-order valence-corrected chi connectivity index (χ2v) is 7.98. The van der Waals surface area contributed by atoms with Crippen LogP contribution in [0.25, 0.3) is 0 Å². The molecule has 2 aromatic rings. The maximum atomic E-state index is 8.36. The summed E-state index contributed by atoms with van der Waals surface area (Å²) in [6.45, 7) is 8.30. The van der Waals surface area contributed by atoms with Gasteiger partial charge in [0.25, 0.3) is 6.47 Å². The SMILES string of the molecule is Cc1cc(Cl)ccc1Nc1cc(C(C)C)c(CNCC2CCC2)cn1.O=CO. The van der Waals surface area contributed by atoms with E-state index in [0.29, 0.717) is 5.92 Å². The minimum absolute atomic E-state index is 0.250. The lowest BCUT2D eigenvalue weighted by Crippen LogP contribution is -2.27. The van der Waals surface area contributed by atoms with Crippen molar-refractivity contribution < 1.29 is 9.90 Å². The fourth-order valence-corrected chi connectivity index (χ4v) is 3.49. The molecule has 1 aromatic carbocycles. The summed E-state index contributed by atoms with van der Waals surface area (Å²) < 4.78 is 0. The zero-order valence-electron chi connectivity index (χ0n) is 16.8. The van der Waals surface area contributed by atoms with Crippen LogP contribution in [-0.4, -0.2) is 23.1 Å². The van der Waals surface area contributed by atoms with Gasteiger partial charge in [-0.05, 0) is 79.1 Å². The lowest BCUT2D eigenvalue weighted by molar-refractivity contribution is -0.122. The Morgan fingerprint density at radius 1 is 1.32 bits per heavy atom. The van der Waals surface area contributed by atoms with Crippen molar-refractivity contribution in [1.82, 2.24) is 10.3 Å². The standard InChI is InChI=1S/C21H28ClN3.CH2O2/c1-14(2)19-10-21(25-20-8-7-18(22)9-15(20)3)24-13-17(19)12-23-11-16-5-4-6-16;2-1-3/h7-10,13-14,16,23H,4-6,11-12H2,1-3H3,(H,24,25);1H,(H,2,3). The first kappa shape index (κ1) is 22.2. The number of nitrogens with one attached hydrogen (secondary N) is 2. The van der Waals surface area contributed by atoms with E-state index in [-0.39, 0.29) is 6.47 Å². The second-order valence-electron chi connectivity index (χ2n) is 7.54. The van der Waals surface area contributed by atoms with Crippen LogP contribution >= 0.6 is 11.6 Å². The first-order valence-electron chi connectivity index (χ1n) is 9.75. The van der Waals surface area contributed by atoms with Crippen LogP contribution in [0.5, 0.6) is 0 Å². The van der Waals surface area contributed by atoms with E-state index < -0.39 is 0 Å². The summed E-state index contributed by atoms with van der Waals surface area (Å²) in [5, 5.41) is 14.7. The van der Waals surface area contributed by atoms with Crippen LogP contribution in [0.1, 0.15) is 55.7 Å². The number of carbonyl (C=O) groups is 1. The van der Waals surface area contributed by atoms with E-state index >= 15 is 0 Å². The van der Waals surface area contributed by atoms with Crippen LogP contribution in [0.2, 0.25) is 5.02 Å². The molecule has 0 bridgehead atoms. The summed E-state index contributed by atoms with van der Waals surface area (Å²) in [5.74, 6) is 2.23. The average molecular weight is 404 g/mol. The fourth-order valence-electron chi connectivity index (χ4n) is 3.27. The van der Waals surface area contributed by atoms with E-state index in [2.05, 4.69) is 42.5 Å². The molecule has 0 spiro atoms. The van der Waals surface area contributed by atoms with E-state index in [1.807, 2.05) is 24.4 Å². The Bertz CT molecular complexity index is 776. The number of anilines is 2. The van der Waals surface area contributed by atoms with E-state index in [0.717, 1.165) is 41.1 Å². The van der Waals surface area contributed by atoms with Crippen molar-refractivity contribution >= 4 is 29.6 Å². The monoisotopic (exact) mass is 403 g/mol. The van der Waals surface area contributed by atoms with Gasteiger partial charge < -0.3 is 15.7 Å². The van der Waals surface area contributed by atoms with E-state index in [4.69, 9.17) is 21.5 Å². The lowest BCUT2D eigenvalue weighted by Gasteiger charge is -2.26. The van der Waals surface area contributed by atoms with Crippen LogP contribution in [0.3, 0.4) is 0 Å². The molecule has 1 aliphatic rings. The van der Waals surface area contributed by atoms with E-state index in [9.17, 15) is 0 Å². The number of rotatable bonds is 7. The summed E-state index contributed by atoms with van der Waals surface area (Å²) in [6.07, 6.45) is 6.17.